The Morgan fingerprint density at radius 1 is 1.29 bits per heavy atom. The van der Waals surface area contributed by atoms with Gasteiger partial charge in [0.1, 0.15) is 5.75 Å². The Kier molecular flexibility index (Phi) is 3.96. The molecule has 3 aromatic rings. The minimum Gasteiger partial charge on any atom is -0.496 e. The molecular weight excluding hydrogens is 304 g/mol. The van der Waals surface area contributed by atoms with E-state index in [1.165, 1.54) is 5.56 Å². The fraction of sp³-hybridized carbons (Fsp3) is 0.278. The normalized spacial score (nSPS) is 14.4. The van der Waals surface area contributed by atoms with E-state index in [0.717, 1.165) is 43.1 Å². The number of nitrogens with zero attached hydrogens (tertiary/aromatic N) is 4. The molecule has 0 bridgehead atoms. The highest BCUT2D eigenvalue weighted by atomic mass is 16.5. The Hall–Kier alpha value is -2.73. The van der Waals surface area contributed by atoms with E-state index in [1.54, 1.807) is 19.6 Å². The predicted molar refractivity (Wildman–Crippen MR) is 88.3 cm³/mol. The molecule has 0 aromatic carbocycles. The first-order chi connectivity index (χ1) is 11.8. The number of hydrogen-bond donors (Lipinski definition) is 0. The minimum absolute atomic E-state index is 0.654. The standard InChI is InChI=1S/C18H18N4O2/c1-23-16-4-6-19-9-14(16)12-22-7-5-15-13(11-22)10-20-18(21-15)17-3-2-8-24-17/h2-4,6,8-10H,5,7,11-12H2,1H3. The van der Waals surface area contributed by atoms with E-state index >= 15 is 0 Å². The van der Waals surface area contributed by atoms with Gasteiger partial charge in [-0.2, -0.15) is 0 Å². The van der Waals surface area contributed by atoms with Crippen molar-refractivity contribution in [2.75, 3.05) is 13.7 Å². The zero-order valence-corrected chi connectivity index (χ0v) is 13.5. The molecule has 0 aliphatic carbocycles. The van der Waals surface area contributed by atoms with Crippen molar-refractivity contribution in [1.29, 1.82) is 0 Å². The van der Waals surface area contributed by atoms with Crippen LogP contribution in [0, 0.1) is 0 Å². The van der Waals surface area contributed by atoms with E-state index in [9.17, 15) is 0 Å². The lowest BCUT2D eigenvalue weighted by Crippen LogP contribution is -2.31. The molecule has 0 radical (unpaired) electrons. The van der Waals surface area contributed by atoms with Crippen LogP contribution in [0.4, 0.5) is 0 Å². The Bertz CT molecular complexity index is 833. The second-order valence-electron chi connectivity index (χ2n) is 5.79. The van der Waals surface area contributed by atoms with Gasteiger partial charge in [0, 0.05) is 55.8 Å². The number of hydrogen-bond acceptors (Lipinski definition) is 6. The molecule has 4 heterocycles. The van der Waals surface area contributed by atoms with Gasteiger partial charge in [0.15, 0.2) is 11.6 Å². The van der Waals surface area contributed by atoms with Gasteiger partial charge in [-0.25, -0.2) is 9.97 Å². The van der Waals surface area contributed by atoms with Crippen LogP contribution in [0.5, 0.6) is 5.75 Å². The first kappa shape index (κ1) is 14.8. The van der Waals surface area contributed by atoms with Gasteiger partial charge in [0.2, 0.25) is 0 Å². The van der Waals surface area contributed by atoms with Gasteiger partial charge in [0.05, 0.1) is 19.1 Å². The van der Waals surface area contributed by atoms with Crippen molar-refractivity contribution in [2.24, 2.45) is 0 Å². The van der Waals surface area contributed by atoms with Gasteiger partial charge in [0.25, 0.3) is 0 Å². The Morgan fingerprint density at radius 2 is 2.25 bits per heavy atom. The van der Waals surface area contributed by atoms with E-state index in [2.05, 4.69) is 19.9 Å². The van der Waals surface area contributed by atoms with Crippen LogP contribution < -0.4 is 4.74 Å². The minimum atomic E-state index is 0.654. The summed E-state index contributed by atoms with van der Waals surface area (Å²) in [6.07, 6.45) is 8.06. The van der Waals surface area contributed by atoms with Crippen molar-refractivity contribution in [3.8, 4) is 17.3 Å². The van der Waals surface area contributed by atoms with Crippen LogP contribution in [0.1, 0.15) is 16.8 Å². The predicted octanol–water partition coefficient (Wildman–Crippen LogP) is 2.70. The van der Waals surface area contributed by atoms with Gasteiger partial charge in [-0.05, 0) is 18.2 Å². The molecule has 3 aromatic heterocycles. The van der Waals surface area contributed by atoms with Crippen LogP contribution in [0.3, 0.4) is 0 Å². The molecule has 0 unspecified atom stereocenters. The molecule has 6 heteroatoms. The van der Waals surface area contributed by atoms with Crippen molar-refractivity contribution >= 4 is 0 Å². The van der Waals surface area contributed by atoms with Crippen LogP contribution in [0.2, 0.25) is 0 Å². The topological polar surface area (TPSA) is 64.3 Å². The number of ether oxygens (including phenoxy) is 1. The Morgan fingerprint density at radius 3 is 3.08 bits per heavy atom. The molecule has 6 nitrogen and oxygen atoms in total. The van der Waals surface area contributed by atoms with Gasteiger partial charge in [-0.15, -0.1) is 0 Å². The van der Waals surface area contributed by atoms with Gasteiger partial charge in [-0.3, -0.25) is 9.88 Å². The monoisotopic (exact) mass is 322 g/mol. The molecule has 0 N–H and O–H groups in total. The van der Waals surface area contributed by atoms with Crippen molar-refractivity contribution in [2.45, 2.75) is 19.5 Å². The fourth-order valence-corrected chi connectivity index (χ4v) is 3.01. The molecule has 122 valence electrons. The summed E-state index contributed by atoms with van der Waals surface area (Å²) in [5.74, 6) is 2.24. The van der Waals surface area contributed by atoms with Crippen LogP contribution >= 0.6 is 0 Å². The van der Waals surface area contributed by atoms with Gasteiger partial charge < -0.3 is 9.15 Å². The lowest BCUT2D eigenvalue weighted by Gasteiger charge is -2.28. The summed E-state index contributed by atoms with van der Waals surface area (Å²) in [6, 6.07) is 5.62. The molecule has 0 amide bonds. The van der Waals surface area contributed by atoms with Crippen LogP contribution in [-0.4, -0.2) is 33.5 Å². The quantitative estimate of drug-likeness (QED) is 0.736. The summed E-state index contributed by atoms with van der Waals surface area (Å²) in [5, 5.41) is 0. The van der Waals surface area contributed by atoms with Crippen molar-refractivity contribution < 1.29 is 9.15 Å². The van der Waals surface area contributed by atoms with E-state index in [0.29, 0.717) is 11.6 Å². The number of pyridine rings is 1. The second kappa shape index (κ2) is 6.41. The van der Waals surface area contributed by atoms with E-state index in [4.69, 9.17) is 9.15 Å². The third kappa shape index (κ3) is 2.88. The van der Waals surface area contributed by atoms with Gasteiger partial charge in [-0.1, -0.05) is 0 Å². The van der Waals surface area contributed by atoms with E-state index < -0.39 is 0 Å². The zero-order chi connectivity index (χ0) is 16.4. The van der Waals surface area contributed by atoms with Crippen molar-refractivity contribution in [3.05, 3.63) is 59.9 Å². The molecule has 4 rings (SSSR count). The summed E-state index contributed by atoms with van der Waals surface area (Å²) in [5.41, 5.74) is 3.36. The summed E-state index contributed by atoms with van der Waals surface area (Å²) in [7, 11) is 1.69. The maximum absolute atomic E-state index is 5.41. The van der Waals surface area contributed by atoms with E-state index in [1.807, 2.05) is 30.6 Å². The zero-order valence-electron chi connectivity index (χ0n) is 13.5. The van der Waals surface area contributed by atoms with Crippen LogP contribution in [-0.2, 0) is 19.5 Å². The Labute approximate surface area is 140 Å². The first-order valence-corrected chi connectivity index (χ1v) is 7.91. The van der Waals surface area contributed by atoms with Crippen LogP contribution in [0.25, 0.3) is 11.6 Å². The number of rotatable bonds is 4. The largest absolute Gasteiger partial charge is 0.496 e. The molecule has 1 aliphatic heterocycles. The molecular formula is C18H18N4O2. The second-order valence-corrected chi connectivity index (χ2v) is 5.79. The van der Waals surface area contributed by atoms with E-state index in [-0.39, 0.29) is 0 Å². The lowest BCUT2D eigenvalue weighted by molar-refractivity contribution is 0.239. The third-order valence-corrected chi connectivity index (χ3v) is 4.23. The maximum atomic E-state index is 5.41. The summed E-state index contributed by atoms with van der Waals surface area (Å²) >= 11 is 0. The molecule has 1 aliphatic rings. The lowest BCUT2D eigenvalue weighted by atomic mass is 10.1. The van der Waals surface area contributed by atoms with Crippen molar-refractivity contribution in [1.82, 2.24) is 19.9 Å². The summed E-state index contributed by atoms with van der Waals surface area (Å²) in [4.78, 5) is 15.7. The molecule has 0 atom stereocenters. The van der Waals surface area contributed by atoms with Crippen molar-refractivity contribution in [3.63, 3.8) is 0 Å². The highest BCUT2D eigenvalue weighted by Crippen LogP contribution is 2.24. The molecule has 0 spiro atoms. The number of methoxy groups -OCH3 is 1. The summed E-state index contributed by atoms with van der Waals surface area (Å²) < 4.78 is 10.8. The number of aromatic nitrogens is 3. The maximum Gasteiger partial charge on any atom is 0.195 e. The average Bonchev–Trinajstić information content (AvgIpc) is 3.16. The number of furan rings is 1. The molecule has 0 saturated carbocycles. The summed E-state index contributed by atoms with van der Waals surface area (Å²) in [6.45, 7) is 2.57. The van der Waals surface area contributed by atoms with Crippen LogP contribution in [0.15, 0.2) is 47.5 Å². The number of fused-ring (bicyclic) bond motifs is 1. The molecule has 0 saturated heterocycles. The fourth-order valence-electron chi connectivity index (χ4n) is 3.01. The van der Waals surface area contributed by atoms with Gasteiger partial charge >= 0.3 is 0 Å². The highest BCUT2D eigenvalue weighted by molar-refractivity contribution is 5.47. The molecule has 0 fully saturated rings. The average molecular weight is 322 g/mol. The first-order valence-electron chi connectivity index (χ1n) is 7.91. The smallest absolute Gasteiger partial charge is 0.195 e. The Balaban J connectivity index is 1.52. The highest BCUT2D eigenvalue weighted by Gasteiger charge is 2.20. The molecule has 24 heavy (non-hydrogen) atoms. The SMILES string of the molecule is COc1ccncc1CN1CCc2nc(-c3ccco3)ncc2C1. The third-order valence-electron chi connectivity index (χ3n) is 4.23.